The van der Waals surface area contributed by atoms with Crippen LogP contribution < -0.4 is 14.8 Å². The molecule has 0 bridgehead atoms. The summed E-state index contributed by atoms with van der Waals surface area (Å²) in [4.78, 5) is 33.3. The zero-order valence-corrected chi connectivity index (χ0v) is 15.9. The fraction of sp³-hybridized carbons (Fsp3) is 0.353. The maximum atomic E-state index is 11.6. The first kappa shape index (κ1) is 21.2. The van der Waals surface area contributed by atoms with Gasteiger partial charge in [0.15, 0.2) is 22.8 Å². The van der Waals surface area contributed by atoms with Crippen LogP contribution in [0.15, 0.2) is 28.4 Å². The van der Waals surface area contributed by atoms with Crippen molar-refractivity contribution in [1.29, 1.82) is 0 Å². The van der Waals surface area contributed by atoms with Crippen molar-refractivity contribution >= 4 is 41.0 Å². The molecule has 2 atom stereocenters. The number of hydrogen-bond donors (Lipinski definition) is 3. The summed E-state index contributed by atoms with van der Waals surface area (Å²) in [6.45, 7) is 3.55. The van der Waals surface area contributed by atoms with Gasteiger partial charge in [-0.05, 0) is 37.6 Å². The Hall–Kier alpha value is -3.08. The summed E-state index contributed by atoms with van der Waals surface area (Å²) in [6.07, 6.45) is 0.0801. The highest BCUT2D eigenvalue weighted by Gasteiger charge is 2.32. The molecule has 2 unspecified atom stereocenters. The molecule has 10 nitrogen and oxygen atoms in total. The summed E-state index contributed by atoms with van der Waals surface area (Å²) >= 11 is 1.000. The monoisotopic (exact) mass is 409 g/mol. The third kappa shape index (κ3) is 5.98. The Morgan fingerprint density at radius 2 is 2.11 bits per heavy atom. The first-order valence-electron chi connectivity index (χ1n) is 8.26. The van der Waals surface area contributed by atoms with Gasteiger partial charge in [-0.15, -0.1) is 5.10 Å². The fourth-order valence-corrected chi connectivity index (χ4v) is 3.02. The minimum absolute atomic E-state index is 0.216. The van der Waals surface area contributed by atoms with Crippen molar-refractivity contribution in [2.45, 2.75) is 31.6 Å². The van der Waals surface area contributed by atoms with E-state index in [1.807, 2.05) is 0 Å². The number of carboxylic acids is 2. The first-order chi connectivity index (χ1) is 13.3. The van der Waals surface area contributed by atoms with Crippen LogP contribution in [0.1, 0.15) is 25.8 Å². The van der Waals surface area contributed by atoms with Gasteiger partial charge in [-0.3, -0.25) is 9.59 Å². The molecular formula is C17H19N3O7S. The molecule has 150 valence electrons. The number of hydrogen-bond acceptors (Lipinski definition) is 8. The number of amidine groups is 1. The Kier molecular flexibility index (Phi) is 7.38. The molecule has 1 amide bonds. The van der Waals surface area contributed by atoms with Crippen LogP contribution in [0.25, 0.3) is 0 Å². The molecule has 1 aromatic carbocycles. The number of thioether (sulfide) groups is 1. The van der Waals surface area contributed by atoms with Crippen LogP contribution in [0, 0.1) is 0 Å². The largest absolute Gasteiger partial charge is 0.490 e. The van der Waals surface area contributed by atoms with Gasteiger partial charge in [-0.1, -0.05) is 11.8 Å². The Bertz CT molecular complexity index is 825. The molecule has 0 aliphatic carbocycles. The van der Waals surface area contributed by atoms with Gasteiger partial charge in [0.2, 0.25) is 5.91 Å². The van der Waals surface area contributed by atoms with Crippen LogP contribution in [0.5, 0.6) is 11.5 Å². The van der Waals surface area contributed by atoms with E-state index in [-0.39, 0.29) is 17.3 Å². The van der Waals surface area contributed by atoms with Gasteiger partial charge in [0.25, 0.3) is 0 Å². The van der Waals surface area contributed by atoms with Crippen LogP contribution in [0.2, 0.25) is 0 Å². The van der Waals surface area contributed by atoms with Gasteiger partial charge in [0.1, 0.15) is 5.25 Å². The lowest BCUT2D eigenvalue weighted by Gasteiger charge is -2.14. The van der Waals surface area contributed by atoms with Crippen molar-refractivity contribution in [1.82, 2.24) is 5.32 Å². The Labute approximate surface area is 164 Å². The van der Waals surface area contributed by atoms with E-state index >= 15 is 0 Å². The zero-order valence-electron chi connectivity index (χ0n) is 15.1. The second-order valence-electron chi connectivity index (χ2n) is 5.58. The number of nitrogens with zero attached hydrogens (tertiary/aromatic N) is 2. The van der Waals surface area contributed by atoms with Crippen LogP contribution in [0.4, 0.5) is 0 Å². The van der Waals surface area contributed by atoms with Gasteiger partial charge < -0.3 is 25.0 Å². The second kappa shape index (κ2) is 9.74. The number of amides is 1. The number of aliphatic carboxylic acids is 2. The molecule has 1 aliphatic heterocycles. The van der Waals surface area contributed by atoms with Crippen LogP contribution in [0.3, 0.4) is 0 Å². The molecule has 1 aromatic rings. The van der Waals surface area contributed by atoms with Gasteiger partial charge >= 0.3 is 11.9 Å². The lowest BCUT2D eigenvalue weighted by Crippen LogP contribution is -2.26. The van der Waals surface area contributed by atoms with E-state index in [0.717, 1.165) is 11.8 Å². The molecule has 1 heterocycles. The predicted octanol–water partition coefficient (Wildman–Crippen LogP) is 1.33. The zero-order chi connectivity index (χ0) is 20.7. The molecule has 1 aliphatic rings. The molecular weight excluding hydrogens is 390 g/mol. The van der Waals surface area contributed by atoms with Crippen molar-refractivity contribution in [3.63, 3.8) is 0 Å². The summed E-state index contributed by atoms with van der Waals surface area (Å²) in [5, 5.41) is 27.4. The summed E-state index contributed by atoms with van der Waals surface area (Å²) in [7, 11) is 0. The summed E-state index contributed by atoms with van der Waals surface area (Å²) in [6, 6.07) is 4.82. The van der Waals surface area contributed by atoms with E-state index in [1.54, 1.807) is 25.1 Å². The number of ether oxygens (including phenoxy) is 2. The molecule has 0 saturated carbocycles. The van der Waals surface area contributed by atoms with Crippen molar-refractivity contribution in [3.8, 4) is 11.5 Å². The van der Waals surface area contributed by atoms with E-state index in [0.29, 0.717) is 17.9 Å². The maximum absolute atomic E-state index is 11.6. The van der Waals surface area contributed by atoms with Gasteiger partial charge in [-0.25, -0.2) is 4.79 Å². The number of carbonyl (C=O) groups is 3. The van der Waals surface area contributed by atoms with E-state index in [1.165, 1.54) is 13.1 Å². The van der Waals surface area contributed by atoms with Gasteiger partial charge in [0, 0.05) is 0 Å². The highest BCUT2D eigenvalue weighted by atomic mass is 32.2. The Morgan fingerprint density at radius 1 is 1.36 bits per heavy atom. The number of carbonyl (C=O) groups excluding carboxylic acids is 1. The normalized spacial score (nSPS) is 18.9. The minimum Gasteiger partial charge on any atom is -0.490 e. The van der Waals surface area contributed by atoms with Crippen molar-refractivity contribution in [3.05, 3.63) is 23.8 Å². The number of carboxylic acid groups (broad SMARTS) is 2. The molecule has 28 heavy (non-hydrogen) atoms. The molecule has 11 heteroatoms. The van der Waals surface area contributed by atoms with Crippen molar-refractivity contribution < 1.29 is 34.1 Å². The van der Waals surface area contributed by atoms with Gasteiger partial charge in [0.05, 0.1) is 19.2 Å². The van der Waals surface area contributed by atoms with Crippen LogP contribution >= 0.6 is 11.8 Å². The smallest absolute Gasteiger partial charge is 0.344 e. The summed E-state index contributed by atoms with van der Waals surface area (Å²) in [5.74, 6) is -1.94. The fourth-order valence-electron chi connectivity index (χ4n) is 2.10. The number of rotatable bonds is 9. The first-order valence-corrected chi connectivity index (χ1v) is 9.14. The molecule has 3 N–H and O–H groups in total. The summed E-state index contributed by atoms with van der Waals surface area (Å²) in [5.41, 5.74) is 0.611. The Balaban J connectivity index is 2.09. The topological polar surface area (TPSA) is 147 Å². The van der Waals surface area contributed by atoms with Gasteiger partial charge in [-0.2, -0.15) is 5.10 Å². The lowest BCUT2D eigenvalue weighted by atomic mass is 10.2. The molecule has 1 saturated heterocycles. The molecule has 0 spiro atoms. The minimum atomic E-state index is -1.10. The molecule has 2 rings (SSSR count). The standard InChI is InChI=1S/C17H19N3O7S/c1-3-26-12-6-10(4-5-11(12)27-9(2)16(24)25)8-18-20-17-19-15(23)13(28-17)7-14(21)22/h4-6,8-9,13H,3,7H2,1-2H3,(H,21,22)(H,24,25)(H,19,20,23). The average Bonchev–Trinajstić information content (AvgIpc) is 2.96. The van der Waals surface area contributed by atoms with E-state index in [2.05, 4.69) is 15.5 Å². The van der Waals surface area contributed by atoms with E-state index in [9.17, 15) is 14.4 Å². The van der Waals surface area contributed by atoms with Crippen LogP contribution in [-0.2, 0) is 14.4 Å². The number of benzene rings is 1. The highest BCUT2D eigenvalue weighted by Crippen LogP contribution is 2.29. The van der Waals surface area contributed by atoms with Crippen molar-refractivity contribution in [2.75, 3.05) is 6.61 Å². The predicted molar refractivity (Wildman–Crippen MR) is 102 cm³/mol. The average molecular weight is 409 g/mol. The number of nitrogens with one attached hydrogen (secondary N) is 1. The summed E-state index contributed by atoms with van der Waals surface area (Å²) < 4.78 is 10.8. The molecule has 0 radical (unpaired) electrons. The third-order valence-electron chi connectivity index (χ3n) is 3.41. The van der Waals surface area contributed by atoms with Crippen LogP contribution in [-0.4, -0.2) is 57.4 Å². The molecule has 1 fully saturated rings. The van der Waals surface area contributed by atoms with E-state index < -0.39 is 29.2 Å². The van der Waals surface area contributed by atoms with Crippen molar-refractivity contribution in [2.24, 2.45) is 10.2 Å². The van der Waals surface area contributed by atoms with E-state index in [4.69, 9.17) is 19.7 Å². The third-order valence-corrected chi connectivity index (χ3v) is 4.48. The SMILES string of the molecule is CCOc1cc(C=NN=C2NC(=O)C(CC(=O)O)S2)ccc1OC(C)C(=O)O. The maximum Gasteiger partial charge on any atom is 0.344 e. The lowest BCUT2D eigenvalue weighted by molar-refractivity contribution is -0.144. The Morgan fingerprint density at radius 3 is 2.75 bits per heavy atom. The molecule has 0 aromatic heterocycles. The second-order valence-corrected chi connectivity index (χ2v) is 6.77. The quantitative estimate of drug-likeness (QED) is 0.409. The highest BCUT2D eigenvalue weighted by molar-refractivity contribution is 8.15.